The molecule has 0 atom stereocenters. The van der Waals surface area contributed by atoms with Crippen LogP contribution in [0, 0.1) is 0 Å². The van der Waals surface area contributed by atoms with Crippen molar-refractivity contribution in [1.82, 2.24) is 10.3 Å². The average molecular weight is 214 g/mol. The van der Waals surface area contributed by atoms with Crippen molar-refractivity contribution in [3.63, 3.8) is 0 Å². The number of esters is 1. The third-order valence-corrected chi connectivity index (χ3v) is 2.24. The molecule has 1 rings (SSSR count). The van der Waals surface area contributed by atoms with Crippen LogP contribution >= 0.6 is 11.3 Å². The summed E-state index contributed by atoms with van der Waals surface area (Å²) in [5, 5.41) is 5.10. The fourth-order valence-electron chi connectivity index (χ4n) is 0.965. The Labute approximate surface area is 87.3 Å². The van der Waals surface area contributed by atoms with Crippen LogP contribution in [-0.4, -0.2) is 24.1 Å². The van der Waals surface area contributed by atoms with Crippen LogP contribution < -0.4 is 5.32 Å². The zero-order chi connectivity index (χ0) is 10.2. The molecule has 0 aliphatic carbocycles. The molecule has 4 nitrogen and oxygen atoms in total. The summed E-state index contributed by atoms with van der Waals surface area (Å²) in [6.45, 7) is 3.60. The van der Waals surface area contributed by atoms with E-state index < -0.39 is 0 Å². The van der Waals surface area contributed by atoms with Gasteiger partial charge in [-0.15, -0.1) is 11.3 Å². The first-order valence-electron chi connectivity index (χ1n) is 4.56. The molecule has 0 aliphatic rings. The molecule has 1 heterocycles. The molecule has 0 saturated carbocycles. The van der Waals surface area contributed by atoms with Gasteiger partial charge >= 0.3 is 5.97 Å². The molecule has 0 amide bonds. The molecule has 78 valence electrons. The molecular weight excluding hydrogens is 200 g/mol. The number of carbonyl (C=O) groups excluding carboxylic acids is 1. The molecule has 0 bridgehead atoms. The Hall–Kier alpha value is -0.940. The molecule has 0 aliphatic heterocycles. The van der Waals surface area contributed by atoms with Crippen molar-refractivity contribution in [2.24, 2.45) is 0 Å². The smallest absolute Gasteiger partial charge is 0.307 e. The highest BCUT2D eigenvalue weighted by atomic mass is 32.1. The second-order valence-electron chi connectivity index (χ2n) is 2.71. The SMILES string of the molecule is CCOC(=O)CCNCc1cscn1. The van der Waals surface area contributed by atoms with Crippen LogP contribution in [0.1, 0.15) is 19.0 Å². The van der Waals surface area contributed by atoms with Crippen molar-refractivity contribution in [2.45, 2.75) is 19.9 Å². The zero-order valence-corrected chi connectivity index (χ0v) is 8.97. The standard InChI is InChI=1S/C9H14N2O2S/c1-2-13-9(12)3-4-10-5-8-6-14-7-11-8/h6-7,10H,2-5H2,1H3. The minimum Gasteiger partial charge on any atom is -0.466 e. The summed E-state index contributed by atoms with van der Waals surface area (Å²) in [5.74, 6) is -0.154. The number of rotatable bonds is 6. The highest BCUT2D eigenvalue weighted by molar-refractivity contribution is 7.07. The molecule has 0 radical (unpaired) electrons. The molecule has 0 unspecified atom stereocenters. The highest BCUT2D eigenvalue weighted by Gasteiger charge is 2.00. The lowest BCUT2D eigenvalue weighted by Crippen LogP contribution is -2.19. The second kappa shape index (κ2) is 6.50. The maximum atomic E-state index is 10.9. The zero-order valence-electron chi connectivity index (χ0n) is 8.16. The van der Waals surface area contributed by atoms with Crippen LogP contribution in [0.4, 0.5) is 0 Å². The average Bonchev–Trinajstić information content (AvgIpc) is 2.65. The van der Waals surface area contributed by atoms with Crippen LogP contribution in [0.5, 0.6) is 0 Å². The number of ether oxygens (including phenoxy) is 1. The Morgan fingerprint density at radius 1 is 1.71 bits per heavy atom. The molecule has 1 aromatic rings. The molecule has 5 heteroatoms. The number of hydrogen-bond acceptors (Lipinski definition) is 5. The van der Waals surface area contributed by atoms with E-state index in [0.717, 1.165) is 5.69 Å². The number of aromatic nitrogens is 1. The lowest BCUT2D eigenvalue weighted by molar-refractivity contribution is -0.142. The van der Waals surface area contributed by atoms with Crippen molar-refractivity contribution in [1.29, 1.82) is 0 Å². The fraction of sp³-hybridized carbons (Fsp3) is 0.556. The van der Waals surface area contributed by atoms with Crippen molar-refractivity contribution in [3.05, 3.63) is 16.6 Å². The first-order valence-corrected chi connectivity index (χ1v) is 5.50. The van der Waals surface area contributed by atoms with Crippen LogP contribution in [0.15, 0.2) is 10.9 Å². The van der Waals surface area contributed by atoms with E-state index in [1.54, 1.807) is 23.8 Å². The predicted octanol–water partition coefficient (Wildman–Crippen LogP) is 1.19. The van der Waals surface area contributed by atoms with Gasteiger partial charge in [0.1, 0.15) is 0 Å². The van der Waals surface area contributed by atoms with Crippen molar-refractivity contribution in [3.8, 4) is 0 Å². The number of thiazole rings is 1. The highest BCUT2D eigenvalue weighted by Crippen LogP contribution is 1.99. The molecule has 1 N–H and O–H groups in total. The van der Waals surface area contributed by atoms with E-state index in [0.29, 0.717) is 26.1 Å². The summed E-state index contributed by atoms with van der Waals surface area (Å²) in [6.07, 6.45) is 0.415. The van der Waals surface area contributed by atoms with Gasteiger partial charge in [-0.1, -0.05) is 0 Å². The Kier molecular flexibility index (Phi) is 5.17. The molecule has 0 fully saturated rings. The van der Waals surface area contributed by atoms with Crippen LogP contribution in [0.3, 0.4) is 0 Å². The summed E-state index contributed by atoms with van der Waals surface area (Å²) in [6, 6.07) is 0. The Morgan fingerprint density at radius 3 is 3.21 bits per heavy atom. The van der Waals surface area contributed by atoms with Crippen LogP contribution in [0.2, 0.25) is 0 Å². The van der Waals surface area contributed by atoms with E-state index in [1.165, 1.54) is 0 Å². The topological polar surface area (TPSA) is 51.2 Å². The van der Waals surface area contributed by atoms with Crippen molar-refractivity contribution < 1.29 is 9.53 Å². The van der Waals surface area contributed by atoms with E-state index in [1.807, 2.05) is 5.38 Å². The quantitative estimate of drug-likeness (QED) is 0.571. The maximum absolute atomic E-state index is 10.9. The van der Waals surface area contributed by atoms with Gasteiger partial charge in [0.25, 0.3) is 0 Å². The number of nitrogens with zero attached hydrogens (tertiary/aromatic N) is 1. The number of hydrogen-bond donors (Lipinski definition) is 1. The summed E-state index contributed by atoms with van der Waals surface area (Å²) in [4.78, 5) is 15.0. The Bertz CT molecular complexity index is 262. The lowest BCUT2D eigenvalue weighted by Gasteiger charge is -2.02. The van der Waals surface area contributed by atoms with E-state index in [9.17, 15) is 4.79 Å². The first-order chi connectivity index (χ1) is 6.83. The molecule has 0 aromatic carbocycles. The van der Waals surface area contributed by atoms with Crippen LogP contribution in [0.25, 0.3) is 0 Å². The van der Waals surface area contributed by atoms with Gasteiger partial charge in [-0.05, 0) is 6.92 Å². The van der Waals surface area contributed by atoms with Gasteiger partial charge in [0.2, 0.25) is 0 Å². The molecule has 0 saturated heterocycles. The van der Waals surface area contributed by atoms with Gasteiger partial charge in [0, 0.05) is 18.5 Å². The lowest BCUT2D eigenvalue weighted by atomic mass is 10.4. The summed E-state index contributed by atoms with van der Waals surface area (Å²) < 4.78 is 4.79. The van der Waals surface area contributed by atoms with E-state index in [2.05, 4.69) is 10.3 Å². The monoisotopic (exact) mass is 214 g/mol. The summed E-state index contributed by atoms with van der Waals surface area (Å²) >= 11 is 1.57. The summed E-state index contributed by atoms with van der Waals surface area (Å²) in [5.41, 5.74) is 2.81. The maximum Gasteiger partial charge on any atom is 0.307 e. The van der Waals surface area contributed by atoms with Gasteiger partial charge < -0.3 is 10.1 Å². The molecular formula is C9H14N2O2S. The van der Waals surface area contributed by atoms with Gasteiger partial charge in [-0.3, -0.25) is 4.79 Å². The van der Waals surface area contributed by atoms with Crippen LogP contribution in [-0.2, 0) is 16.1 Å². The van der Waals surface area contributed by atoms with Gasteiger partial charge in [-0.2, -0.15) is 0 Å². The predicted molar refractivity (Wildman–Crippen MR) is 55.1 cm³/mol. The van der Waals surface area contributed by atoms with E-state index in [4.69, 9.17) is 4.74 Å². The van der Waals surface area contributed by atoms with Crippen molar-refractivity contribution in [2.75, 3.05) is 13.2 Å². The third-order valence-electron chi connectivity index (χ3n) is 1.60. The van der Waals surface area contributed by atoms with Gasteiger partial charge in [0.15, 0.2) is 0 Å². The Morgan fingerprint density at radius 2 is 2.57 bits per heavy atom. The summed E-state index contributed by atoms with van der Waals surface area (Å²) in [7, 11) is 0. The van der Waals surface area contributed by atoms with Crippen molar-refractivity contribution >= 4 is 17.3 Å². The second-order valence-corrected chi connectivity index (χ2v) is 3.43. The minimum absolute atomic E-state index is 0.154. The minimum atomic E-state index is -0.154. The number of carbonyl (C=O) groups is 1. The Balaban J connectivity index is 2.02. The fourth-order valence-corrected chi connectivity index (χ4v) is 1.52. The van der Waals surface area contributed by atoms with Gasteiger partial charge in [0.05, 0.1) is 24.2 Å². The normalized spacial score (nSPS) is 10.1. The van der Waals surface area contributed by atoms with Gasteiger partial charge in [-0.25, -0.2) is 4.98 Å². The van der Waals surface area contributed by atoms with E-state index >= 15 is 0 Å². The van der Waals surface area contributed by atoms with E-state index in [-0.39, 0.29) is 5.97 Å². The molecule has 1 aromatic heterocycles. The largest absolute Gasteiger partial charge is 0.466 e. The first kappa shape index (κ1) is 11.1. The number of nitrogens with one attached hydrogen (secondary N) is 1. The molecule has 0 spiro atoms. The third kappa shape index (κ3) is 4.34. The molecule has 14 heavy (non-hydrogen) atoms.